The molecule has 0 unspecified atom stereocenters. The van der Waals surface area contributed by atoms with Gasteiger partial charge in [0.05, 0.1) is 5.69 Å². The molecule has 0 radical (unpaired) electrons. The third-order valence-electron chi connectivity index (χ3n) is 3.22. The van der Waals surface area contributed by atoms with Gasteiger partial charge < -0.3 is 15.0 Å². The zero-order chi connectivity index (χ0) is 13.1. The minimum atomic E-state index is 0.441. The van der Waals surface area contributed by atoms with Gasteiger partial charge >= 0.3 is 0 Å². The summed E-state index contributed by atoms with van der Waals surface area (Å²) in [4.78, 5) is 7.07. The first-order valence-corrected chi connectivity index (χ1v) is 6.61. The summed E-state index contributed by atoms with van der Waals surface area (Å²) in [5.41, 5.74) is 7.94. The fourth-order valence-electron chi connectivity index (χ4n) is 2.39. The highest BCUT2D eigenvalue weighted by molar-refractivity contribution is 5.56. The van der Waals surface area contributed by atoms with Crippen LogP contribution in [0.3, 0.4) is 0 Å². The largest absolute Gasteiger partial charge is 0.353 e. The Morgan fingerprint density at radius 3 is 2.78 bits per heavy atom. The first kappa shape index (κ1) is 12.9. The summed E-state index contributed by atoms with van der Waals surface area (Å²) in [6, 6.07) is 6.53. The van der Waals surface area contributed by atoms with Crippen LogP contribution in [0, 0.1) is 0 Å². The van der Waals surface area contributed by atoms with Crippen molar-refractivity contribution in [3.63, 3.8) is 0 Å². The van der Waals surface area contributed by atoms with Gasteiger partial charge in [0.25, 0.3) is 0 Å². The molecule has 0 aliphatic heterocycles. The number of pyridine rings is 1. The van der Waals surface area contributed by atoms with Crippen molar-refractivity contribution in [2.24, 2.45) is 5.73 Å². The summed E-state index contributed by atoms with van der Waals surface area (Å²) in [6.07, 6.45) is 2.91. The number of fused-ring (bicyclic) bond motifs is 1. The summed E-state index contributed by atoms with van der Waals surface area (Å²) < 4.78 is 2.15. The van der Waals surface area contributed by atoms with Gasteiger partial charge in [-0.25, -0.2) is 4.98 Å². The second-order valence-corrected chi connectivity index (χ2v) is 4.73. The van der Waals surface area contributed by atoms with E-state index in [9.17, 15) is 0 Å². The van der Waals surface area contributed by atoms with Crippen LogP contribution in [0.2, 0.25) is 0 Å². The van der Waals surface area contributed by atoms with Crippen LogP contribution in [-0.2, 0) is 6.42 Å². The number of aromatic nitrogens is 2. The molecule has 0 saturated heterocycles. The van der Waals surface area contributed by atoms with Gasteiger partial charge in [-0.3, -0.25) is 0 Å². The normalized spacial score (nSPS) is 11.4. The number of hydrogen-bond donors (Lipinski definition) is 1. The third-order valence-corrected chi connectivity index (χ3v) is 3.22. The summed E-state index contributed by atoms with van der Waals surface area (Å²) in [7, 11) is 0. The second kappa shape index (κ2) is 5.40. The molecular formula is C14H22N4. The molecule has 4 nitrogen and oxygen atoms in total. The topological polar surface area (TPSA) is 46.6 Å². The number of rotatable bonds is 5. The SMILES string of the molecule is CCN(c1nc2ccccn2c1CCN)C(C)C. The molecule has 0 spiro atoms. The zero-order valence-corrected chi connectivity index (χ0v) is 11.4. The van der Waals surface area contributed by atoms with Crippen molar-refractivity contribution in [3.8, 4) is 0 Å². The molecule has 2 heterocycles. The van der Waals surface area contributed by atoms with Crippen molar-refractivity contribution in [1.82, 2.24) is 9.38 Å². The van der Waals surface area contributed by atoms with E-state index in [0.29, 0.717) is 12.6 Å². The molecule has 0 aliphatic carbocycles. The summed E-state index contributed by atoms with van der Waals surface area (Å²) >= 11 is 0. The van der Waals surface area contributed by atoms with Crippen molar-refractivity contribution in [1.29, 1.82) is 0 Å². The quantitative estimate of drug-likeness (QED) is 0.878. The Bertz CT molecular complexity index is 515. The van der Waals surface area contributed by atoms with Gasteiger partial charge in [0.2, 0.25) is 0 Å². The standard InChI is InChI=1S/C14H22N4/c1-4-17(11(2)3)14-12(8-9-15)18-10-6-5-7-13(18)16-14/h5-7,10-11H,4,8-9,15H2,1-3H3. The molecule has 18 heavy (non-hydrogen) atoms. The van der Waals surface area contributed by atoms with Crippen molar-refractivity contribution in [2.45, 2.75) is 33.2 Å². The average Bonchev–Trinajstić information content (AvgIpc) is 2.70. The molecule has 2 aromatic heterocycles. The van der Waals surface area contributed by atoms with E-state index in [4.69, 9.17) is 10.7 Å². The van der Waals surface area contributed by atoms with E-state index in [0.717, 1.165) is 24.4 Å². The van der Waals surface area contributed by atoms with E-state index in [-0.39, 0.29) is 0 Å². The minimum absolute atomic E-state index is 0.441. The molecule has 2 rings (SSSR count). The molecule has 2 aromatic rings. The van der Waals surface area contributed by atoms with Gasteiger partial charge in [-0.05, 0) is 39.4 Å². The van der Waals surface area contributed by atoms with Crippen molar-refractivity contribution < 1.29 is 0 Å². The predicted molar refractivity (Wildman–Crippen MR) is 76.1 cm³/mol. The predicted octanol–water partition coefficient (Wildman–Crippen LogP) is 2.07. The monoisotopic (exact) mass is 246 g/mol. The van der Waals surface area contributed by atoms with Crippen molar-refractivity contribution in [3.05, 3.63) is 30.1 Å². The fraction of sp³-hybridized carbons (Fsp3) is 0.500. The molecule has 98 valence electrons. The second-order valence-electron chi connectivity index (χ2n) is 4.73. The minimum Gasteiger partial charge on any atom is -0.353 e. The molecule has 0 aliphatic rings. The lowest BCUT2D eigenvalue weighted by atomic mass is 10.2. The van der Waals surface area contributed by atoms with Crippen molar-refractivity contribution in [2.75, 3.05) is 18.0 Å². The van der Waals surface area contributed by atoms with Crippen LogP contribution in [0.4, 0.5) is 5.82 Å². The van der Waals surface area contributed by atoms with E-state index in [2.05, 4.69) is 36.3 Å². The average molecular weight is 246 g/mol. The number of imidazole rings is 1. The molecule has 0 amide bonds. The zero-order valence-electron chi connectivity index (χ0n) is 11.4. The molecule has 0 saturated carbocycles. The van der Waals surface area contributed by atoms with Crippen LogP contribution < -0.4 is 10.6 Å². The smallest absolute Gasteiger partial charge is 0.151 e. The molecule has 0 atom stereocenters. The lowest BCUT2D eigenvalue weighted by Crippen LogP contribution is -2.31. The maximum atomic E-state index is 5.74. The maximum absolute atomic E-state index is 5.74. The van der Waals surface area contributed by atoms with E-state index >= 15 is 0 Å². The Morgan fingerprint density at radius 2 is 2.17 bits per heavy atom. The first-order valence-electron chi connectivity index (χ1n) is 6.61. The lowest BCUT2D eigenvalue weighted by molar-refractivity contribution is 0.689. The van der Waals surface area contributed by atoms with Gasteiger partial charge in [-0.1, -0.05) is 6.07 Å². The molecular weight excluding hydrogens is 224 g/mol. The number of nitrogens with two attached hydrogens (primary N) is 1. The Balaban J connectivity index is 2.57. The molecule has 2 N–H and O–H groups in total. The highest BCUT2D eigenvalue weighted by atomic mass is 15.2. The van der Waals surface area contributed by atoms with E-state index in [1.165, 1.54) is 5.69 Å². The third kappa shape index (κ3) is 2.20. The maximum Gasteiger partial charge on any atom is 0.151 e. The van der Waals surface area contributed by atoms with Gasteiger partial charge in [-0.2, -0.15) is 0 Å². The Hall–Kier alpha value is -1.55. The molecule has 0 aromatic carbocycles. The van der Waals surface area contributed by atoms with Gasteiger partial charge in [0.1, 0.15) is 5.65 Å². The molecule has 0 bridgehead atoms. The van der Waals surface area contributed by atoms with Crippen LogP contribution >= 0.6 is 0 Å². The number of anilines is 1. The Kier molecular flexibility index (Phi) is 3.87. The highest BCUT2D eigenvalue weighted by Crippen LogP contribution is 2.23. The fourth-order valence-corrected chi connectivity index (χ4v) is 2.39. The Labute approximate surface area is 108 Å². The Morgan fingerprint density at radius 1 is 1.39 bits per heavy atom. The lowest BCUT2D eigenvalue weighted by Gasteiger charge is -2.26. The molecule has 0 fully saturated rings. The first-order chi connectivity index (χ1) is 8.69. The van der Waals surface area contributed by atoms with Gasteiger partial charge in [0.15, 0.2) is 5.82 Å². The van der Waals surface area contributed by atoms with Gasteiger partial charge in [-0.15, -0.1) is 0 Å². The van der Waals surface area contributed by atoms with Crippen molar-refractivity contribution >= 4 is 11.5 Å². The van der Waals surface area contributed by atoms with Crippen LogP contribution in [0.5, 0.6) is 0 Å². The number of nitrogens with zero attached hydrogens (tertiary/aromatic N) is 3. The highest BCUT2D eigenvalue weighted by Gasteiger charge is 2.18. The molecule has 4 heteroatoms. The van der Waals surface area contributed by atoms with Crippen LogP contribution in [0.1, 0.15) is 26.5 Å². The summed E-state index contributed by atoms with van der Waals surface area (Å²) in [5.74, 6) is 1.07. The van der Waals surface area contributed by atoms with E-state index in [1.54, 1.807) is 0 Å². The van der Waals surface area contributed by atoms with Crippen LogP contribution in [0.15, 0.2) is 24.4 Å². The van der Waals surface area contributed by atoms with Crippen LogP contribution in [0.25, 0.3) is 5.65 Å². The van der Waals surface area contributed by atoms with Gasteiger partial charge in [0, 0.05) is 25.2 Å². The van der Waals surface area contributed by atoms with E-state index in [1.807, 2.05) is 18.2 Å². The number of hydrogen-bond acceptors (Lipinski definition) is 3. The van der Waals surface area contributed by atoms with Crippen LogP contribution in [-0.4, -0.2) is 28.5 Å². The summed E-state index contributed by atoms with van der Waals surface area (Å²) in [6.45, 7) is 8.15. The van der Waals surface area contributed by atoms with E-state index < -0.39 is 0 Å². The summed E-state index contributed by atoms with van der Waals surface area (Å²) in [5, 5.41) is 0.